The average molecular weight is 246 g/mol. The summed E-state index contributed by atoms with van der Waals surface area (Å²) in [7, 11) is 1.87. The first-order valence-electron chi connectivity index (χ1n) is 5.43. The highest BCUT2D eigenvalue weighted by Gasteiger charge is 2.11. The van der Waals surface area contributed by atoms with Crippen LogP contribution in [0.15, 0.2) is 18.2 Å². The van der Waals surface area contributed by atoms with Gasteiger partial charge in [-0.15, -0.1) is 0 Å². The van der Waals surface area contributed by atoms with Crippen molar-refractivity contribution in [1.29, 1.82) is 0 Å². The Morgan fingerprint density at radius 2 is 2.25 bits per heavy atom. The monoisotopic (exact) mass is 245 g/mol. The molecule has 0 saturated heterocycles. The highest BCUT2D eigenvalue weighted by Crippen LogP contribution is 2.26. The van der Waals surface area contributed by atoms with Gasteiger partial charge >= 0.3 is 0 Å². The highest BCUT2D eigenvalue weighted by atomic mass is 35.5. The molecule has 0 amide bonds. The number of rotatable bonds is 6. The van der Waals surface area contributed by atoms with Crippen LogP contribution >= 0.6 is 11.6 Å². The van der Waals surface area contributed by atoms with Crippen LogP contribution in [0.2, 0.25) is 5.02 Å². The van der Waals surface area contributed by atoms with Crippen LogP contribution in [0.3, 0.4) is 0 Å². The number of halogens is 2. The molecule has 4 heteroatoms. The first-order chi connectivity index (χ1) is 7.67. The van der Waals surface area contributed by atoms with Crippen LogP contribution in [0.4, 0.5) is 4.39 Å². The number of hydrogen-bond donors (Lipinski definition) is 1. The molecule has 90 valence electrons. The fourth-order valence-electron chi connectivity index (χ4n) is 1.50. The molecule has 0 aliphatic heterocycles. The van der Waals surface area contributed by atoms with Gasteiger partial charge in [-0.25, -0.2) is 4.39 Å². The molecular weight excluding hydrogens is 229 g/mol. The third-order valence-corrected chi connectivity index (χ3v) is 2.53. The van der Waals surface area contributed by atoms with Gasteiger partial charge in [0.05, 0.1) is 5.02 Å². The standard InChI is InChI=1S/C12H17ClFNO/c1-3-4-10(8-15-2)16-12-6-5-9(14)7-11(12)13/h5-7,10,15H,3-4,8H2,1-2H3. The lowest BCUT2D eigenvalue weighted by molar-refractivity contribution is 0.189. The van der Waals surface area contributed by atoms with Crippen LogP contribution in [0.25, 0.3) is 0 Å². The fraction of sp³-hybridized carbons (Fsp3) is 0.500. The first-order valence-corrected chi connectivity index (χ1v) is 5.81. The molecule has 0 radical (unpaired) electrons. The van der Waals surface area contributed by atoms with Crippen molar-refractivity contribution in [3.05, 3.63) is 29.0 Å². The largest absolute Gasteiger partial charge is 0.488 e. The molecule has 1 aromatic carbocycles. The van der Waals surface area contributed by atoms with Gasteiger partial charge in [0.2, 0.25) is 0 Å². The van der Waals surface area contributed by atoms with Gasteiger partial charge in [0.25, 0.3) is 0 Å². The second kappa shape index (κ2) is 6.71. The lowest BCUT2D eigenvalue weighted by Gasteiger charge is -2.19. The number of benzene rings is 1. The van der Waals surface area contributed by atoms with Crippen molar-refractivity contribution >= 4 is 11.6 Å². The first kappa shape index (κ1) is 13.3. The molecule has 16 heavy (non-hydrogen) atoms. The molecule has 0 aromatic heterocycles. The zero-order chi connectivity index (χ0) is 12.0. The second-order valence-corrected chi connectivity index (χ2v) is 4.07. The molecule has 1 aromatic rings. The van der Waals surface area contributed by atoms with Crippen LogP contribution in [0.5, 0.6) is 5.75 Å². The summed E-state index contributed by atoms with van der Waals surface area (Å²) in [4.78, 5) is 0. The predicted octanol–water partition coefficient (Wildman–Crippen LogP) is 3.25. The van der Waals surface area contributed by atoms with Crippen LogP contribution in [-0.2, 0) is 0 Å². The van der Waals surface area contributed by atoms with Crippen molar-refractivity contribution in [1.82, 2.24) is 5.32 Å². The molecule has 0 saturated carbocycles. The third-order valence-electron chi connectivity index (χ3n) is 2.23. The van der Waals surface area contributed by atoms with Crippen LogP contribution in [0, 0.1) is 5.82 Å². The van der Waals surface area contributed by atoms with Crippen LogP contribution in [0.1, 0.15) is 19.8 Å². The zero-order valence-corrected chi connectivity index (χ0v) is 10.4. The van der Waals surface area contributed by atoms with Crippen molar-refractivity contribution < 1.29 is 9.13 Å². The normalized spacial score (nSPS) is 12.5. The Morgan fingerprint density at radius 1 is 1.50 bits per heavy atom. The lowest BCUT2D eigenvalue weighted by atomic mass is 10.2. The predicted molar refractivity (Wildman–Crippen MR) is 64.7 cm³/mol. The van der Waals surface area contributed by atoms with E-state index in [1.807, 2.05) is 7.05 Å². The fourth-order valence-corrected chi connectivity index (χ4v) is 1.71. The van der Waals surface area contributed by atoms with Crippen LogP contribution in [-0.4, -0.2) is 19.7 Å². The van der Waals surface area contributed by atoms with Gasteiger partial charge in [-0.1, -0.05) is 24.9 Å². The van der Waals surface area contributed by atoms with Gasteiger partial charge in [-0.05, 0) is 31.7 Å². The van der Waals surface area contributed by atoms with Crippen molar-refractivity contribution in [2.75, 3.05) is 13.6 Å². The van der Waals surface area contributed by atoms with Gasteiger partial charge in [-0.2, -0.15) is 0 Å². The minimum absolute atomic E-state index is 0.0676. The molecule has 1 atom stereocenters. The highest BCUT2D eigenvalue weighted by molar-refractivity contribution is 6.32. The summed E-state index contributed by atoms with van der Waals surface area (Å²) in [5.41, 5.74) is 0. The quantitative estimate of drug-likeness (QED) is 0.831. The molecule has 0 aliphatic carbocycles. The summed E-state index contributed by atoms with van der Waals surface area (Å²) >= 11 is 5.89. The average Bonchev–Trinajstić information content (AvgIpc) is 2.23. The van der Waals surface area contributed by atoms with E-state index < -0.39 is 0 Å². The molecular formula is C12H17ClFNO. The van der Waals surface area contributed by atoms with Gasteiger partial charge in [0.1, 0.15) is 17.7 Å². The molecule has 0 bridgehead atoms. The third kappa shape index (κ3) is 3.99. The lowest BCUT2D eigenvalue weighted by Crippen LogP contribution is -2.29. The Bertz CT molecular complexity index is 327. The molecule has 1 N–H and O–H groups in total. The van der Waals surface area contributed by atoms with Crippen molar-refractivity contribution in [2.45, 2.75) is 25.9 Å². The van der Waals surface area contributed by atoms with E-state index in [9.17, 15) is 4.39 Å². The summed E-state index contributed by atoms with van der Waals surface area (Å²) in [5.74, 6) is 0.190. The van der Waals surface area contributed by atoms with Gasteiger partial charge < -0.3 is 10.1 Å². The van der Waals surface area contributed by atoms with Crippen molar-refractivity contribution in [3.8, 4) is 5.75 Å². The number of ether oxygens (including phenoxy) is 1. The molecule has 0 aliphatic rings. The maximum Gasteiger partial charge on any atom is 0.138 e. The molecule has 0 fully saturated rings. The van der Waals surface area contributed by atoms with Gasteiger partial charge in [-0.3, -0.25) is 0 Å². The van der Waals surface area contributed by atoms with Crippen molar-refractivity contribution in [2.24, 2.45) is 0 Å². The second-order valence-electron chi connectivity index (χ2n) is 3.66. The SMILES string of the molecule is CCCC(CNC)Oc1ccc(F)cc1Cl. The van der Waals surface area contributed by atoms with E-state index in [2.05, 4.69) is 12.2 Å². The van der Waals surface area contributed by atoms with Gasteiger partial charge in [0, 0.05) is 6.54 Å². The number of likely N-dealkylation sites (N-methyl/N-ethyl adjacent to an activating group) is 1. The summed E-state index contributed by atoms with van der Waals surface area (Å²) in [5, 5.41) is 3.38. The molecule has 0 spiro atoms. The van der Waals surface area contributed by atoms with Gasteiger partial charge in [0.15, 0.2) is 0 Å². The number of hydrogen-bond acceptors (Lipinski definition) is 2. The summed E-state index contributed by atoms with van der Waals surface area (Å²) in [6.45, 7) is 2.85. The summed E-state index contributed by atoms with van der Waals surface area (Å²) < 4.78 is 18.5. The molecule has 1 unspecified atom stereocenters. The maximum absolute atomic E-state index is 12.8. The zero-order valence-electron chi connectivity index (χ0n) is 9.59. The molecule has 1 rings (SSSR count). The Morgan fingerprint density at radius 3 is 2.81 bits per heavy atom. The smallest absolute Gasteiger partial charge is 0.138 e. The van der Waals surface area contributed by atoms with Crippen LogP contribution < -0.4 is 10.1 Å². The molecule has 0 heterocycles. The topological polar surface area (TPSA) is 21.3 Å². The van der Waals surface area contributed by atoms with E-state index in [4.69, 9.17) is 16.3 Å². The summed E-state index contributed by atoms with van der Waals surface area (Å²) in [6.07, 6.45) is 2.04. The Hall–Kier alpha value is -0.800. The van der Waals surface area contributed by atoms with E-state index in [0.717, 1.165) is 19.4 Å². The van der Waals surface area contributed by atoms with Crippen molar-refractivity contribution in [3.63, 3.8) is 0 Å². The molecule has 2 nitrogen and oxygen atoms in total. The van der Waals surface area contributed by atoms with E-state index in [1.54, 1.807) is 6.07 Å². The Kier molecular flexibility index (Phi) is 5.56. The van der Waals surface area contributed by atoms with E-state index in [0.29, 0.717) is 10.8 Å². The Labute approximate surface area is 101 Å². The maximum atomic E-state index is 12.8. The van der Waals surface area contributed by atoms with E-state index in [-0.39, 0.29) is 11.9 Å². The minimum atomic E-state index is -0.349. The summed E-state index contributed by atoms with van der Waals surface area (Å²) in [6, 6.07) is 4.18. The minimum Gasteiger partial charge on any atom is -0.488 e. The Balaban J connectivity index is 2.68. The number of nitrogens with one attached hydrogen (secondary N) is 1. The van der Waals surface area contributed by atoms with E-state index >= 15 is 0 Å². The van der Waals surface area contributed by atoms with E-state index in [1.165, 1.54) is 12.1 Å².